The number of nitrogens with two attached hydrogens (primary N) is 1. The van der Waals surface area contributed by atoms with Gasteiger partial charge in [0.05, 0.1) is 10.2 Å². The van der Waals surface area contributed by atoms with Gasteiger partial charge in [-0.15, -0.1) is 0 Å². The summed E-state index contributed by atoms with van der Waals surface area (Å²) in [5.41, 5.74) is 5.83. The predicted molar refractivity (Wildman–Crippen MR) is 43.1 cm³/mol. The lowest BCUT2D eigenvalue weighted by Crippen LogP contribution is -2.09. The first-order valence-electron chi connectivity index (χ1n) is 2.54. The molecule has 0 saturated carbocycles. The summed E-state index contributed by atoms with van der Waals surface area (Å²) >= 11 is 4.31. The van der Waals surface area contributed by atoms with Gasteiger partial charge >= 0.3 is 0 Å². The van der Waals surface area contributed by atoms with E-state index in [9.17, 15) is 4.79 Å². The molecule has 5 heteroatoms. The zero-order chi connectivity index (χ0) is 7.72. The van der Waals surface area contributed by atoms with Crippen LogP contribution in [0.4, 0.5) is 0 Å². The van der Waals surface area contributed by atoms with Crippen molar-refractivity contribution in [1.82, 2.24) is 4.37 Å². The third-order valence-electron chi connectivity index (χ3n) is 1.01. The van der Waals surface area contributed by atoms with E-state index in [1.165, 1.54) is 0 Å². The van der Waals surface area contributed by atoms with E-state index in [2.05, 4.69) is 20.3 Å². The standard InChI is InChI=1S/C5H5BrN2OS/c1-2-3(6)4(5(7)9)10-8-2/h1H3,(H2,7,9). The number of carbonyl (C=O) groups excluding carboxylic acids is 1. The van der Waals surface area contributed by atoms with Crippen molar-refractivity contribution in [2.75, 3.05) is 0 Å². The van der Waals surface area contributed by atoms with Crippen LogP contribution >= 0.6 is 27.5 Å². The Balaban J connectivity index is 3.17. The molecule has 1 heterocycles. The minimum Gasteiger partial charge on any atom is -0.365 e. The first-order chi connectivity index (χ1) is 4.63. The summed E-state index contributed by atoms with van der Waals surface area (Å²) < 4.78 is 4.64. The van der Waals surface area contributed by atoms with Gasteiger partial charge in [-0.1, -0.05) is 0 Å². The highest BCUT2D eigenvalue weighted by Gasteiger charge is 2.11. The number of amides is 1. The predicted octanol–water partition coefficient (Wildman–Crippen LogP) is 1.31. The molecule has 0 aliphatic rings. The summed E-state index contributed by atoms with van der Waals surface area (Å²) in [4.78, 5) is 11.1. The topological polar surface area (TPSA) is 56.0 Å². The molecule has 10 heavy (non-hydrogen) atoms. The van der Waals surface area contributed by atoms with Gasteiger partial charge in [0.1, 0.15) is 4.88 Å². The molecule has 1 rings (SSSR count). The van der Waals surface area contributed by atoms with Gasteiger partial charge in [0.15, 0.2) is 0 Å². The van der Waals surface area contributed by atoms with E-state index in [1.807, 2.05) is 6.92 Å². The third-order valence-corrected chi connectivity index (χ3v) is 3.20. The minimum atomic E-state index is -0.433. The van der Waals surface area contributed by atoms with E-state index in [1.54, 1.807) is 0 Å². The maximum Gasteiger partial charge on any atom is 0.261 e. The van der Waals surface area contributed by atoms with Crippen LogP contribution in [0.2, 0.25) is 0 Å². The summed E-state index contributed by atoms with van der Waals surface area (Å²) in [7, 11) is 0. The fourth-order valence-electron chi connectivity index (χ4n) is 0.512. The molecule has 0 bridgehead atoms. The number of rotatable bonds is 1. The van der Waals surface area contributed by atoms with E-state index in [0.29, 0.717) is 9.35 Å². The number of aromatic nitrogens is 1. The number of primary amides is 1. The van der Waals surface area contributed by atoms with Crippen LogP contribution in [0.5, 0.6) is 0 Å². The Hall–Kier alpha value is -0.420. The number of hydrogen-bond donors (Lipinski definition) is 1. The second kappa shape index (κ2) is 2.67. The Morgan fingerprint density at radius 2 is 2.40 bits per heavy atom. The quantitative estimate of drug-likeness (QED) is 0.777. The molecule has 0 aliphatic carbocycles. The fourth-order valence-corrected chi connectivity index (χ4v) is 1.77. The Kier molecular flexibility index (Phi) is 2.05. The van der Waals surface area contributed by atoms with Gasteiger partial charge in [-0.2, -0.15) is 4.37 Å². The molecule has 0 fully saturated rings. The maximum absolute atomic E-state index is 10.6. The molecule has 0 atom stereocenters. The molecule has 0 unspecified atom stereocenters. The van der Waals surface area contributed by atoms with Crippen molar-refractivity contribution >= 4 is 33.4 Å². The molecule has 1 aromatic heterocycles. The Morgan fingerprint density at radius 3 is 2.60 bits per heavy atom. The van der Waals surface area contributed by atoms with Crippen LogP contribution in [0.3, 0.4) is 0 Å². The van der Waals surface area contributed by atoms with E-state index in [-0.39, 0.29) is 0 Å². The van der Waals surface area contributed by atoms with E-state index < -0.39 is 5.91 Å². The summed E-state index contributed by atoms with van der Waals surface area (Å²) in [6, 6.07) is 0. The molecular formula is C5H5BrN2OS. The maximum atomic E-state index is 10.6. The van der Waals surface area contributed by atoms with Gasteiger partial charge in [0.2, 0.25) is 0 Å². The molecule has 1 aromatic rings. The van der Waals surface area contributed by atoms with Gasteiger partial charge in [0, 0.05) is 0 Å². The van der Waals surface area contributed by atoms with Gasteiger partial charge in [-0.05, 0) is 34.4 Å². The molecule has 2 N–H and O–H groups in total. The highest BCUT2D eigenvalue weighted by Crippen LogP contribution is 2.23. The van der Waals surface area contributed by atoms with Crippen LogP contribution < -0.4 is 5.73 Å². The number of aryl methyl sites for hydroxylation is 1. The number of nitrogens with zero attached hydrogens (tertiary/aromatic N) is 1. The summed E-state index contributed by atoms with van der Waals surface area (Å²) in [5.74, 6) is -0.433. The van der Waals surface area contributed by atoms with Crippen LogP contribution in [-0.4, -0.2) is 10.3 Å². The number of hydrogen-bond acceptors (Lipinski definition) is 3. The smallest absolute Gasteiger partial charge is 0.261 e. The Bertz CT molecular complexity index is 271. The van der Waals surface area contributed by atoms with Crippen molar-refractivity contribution in [2.24, 2.45) is 5.73 Å². The fraction of sp³-hybridized carbons (Fsp3) is 0.200. The second-order valence-corrected chi connectivity index (χ2v) is 3.34. The molecule has 3 nitrogen and oxygen atoms in total. The molecule has 0 radical (unpaired) electrons. The normalized spacial score (nSPS) is 9.80. The van der Waals surface area contributed by atoms with E-state index >= 15 is 0 Å². The SMILES string of the molecule is Cc1nsc(C(N)=O)c1Br. The molecule has 0 saturated heterocycles. The van der Waals surface area contributed by atoms with Crippen molar-refractivity contribution < 1.29 is 4.79 Å². The van der Waals surface area contributed by atoms with Crippen molar-refractivity contribution in [3.63, 3.8) is 0 Å². The first kappa shape index (κ1) is 7.68. The van der Waals surface area contributed by atoms with Crippen LogP contribution in [0.25, 0.3) is 0 Å². The minimum absolute atomic E-state index is 0.433. The molecule has 54 valence electrons. The molecule has 1 amide bonds. The molecule has 0 spiro atoms. The average Bonchev–Trinajstić information content (AvgIpc) is 2.14. The lowest BCUT2D eigenvalue weighted by molar-refractivity contribution is 0.100. The zero-order valence-corrected chi connectivity index (χ0v) is 7.62. The average molecular weight is 221 g/mol. The van der Waals surface area contributed by atoms with Crippen molar-refractivity contribution in [3.05, 3.63) is 15.0 Å². The lowest BCUT2D eigenvalue weighted by Gasteiger charge is -1.86. The van der Waals surface area contributed by atoms with Crippen LogP contribution in [0, 0.1) is 6.92 Å². The van der Waals surface area contributed by atoms with E-state index in [0.717, 1.165) is 17.2 Å². The highest BCUT2D eigenvalue weighted by molar-refractivity contribution is 9.10. The first-order valence-corrected chi connectivity index (χ1v) is 4.11. The summed E-state index contributed by atoms with van der Waals surface area (Å²) in [6.07, 6.45) is 0. The monoisotopic (exact) mass is 220 g/mol. The zero-order valence-electron chi connectivity index (χ0n) is 5.22. The van der Waals surface area contributed by atoms with Gasteiger partial charge in [0.25, 0.3) is 5.91 Å². The largest absolute Gasteiger partial charge is 0.365 e. The van der Waals surface area contributed by atoms with E-state index in [4.69, 9.17) is 5.73 Å². The van der Waals surface area contributed by atoms with Crippen LogP contribution in [0.1, 0.15) is 15.4 Å². The number of carbonyl (C=O) groups is 1. The molecular weight excluding hydrogens is 216 g/mol. The van der Waals surface area contributed by atoms with Crippen molar-refractivity contribution in [2.45, 2.75) is 6.92 Å². The second-order valence-electron chi connectivity index (χ2n) is 1.78. The Labute approximate surface area is 70.5 Å². The molecule has 0 aromatic carbocycles. The van der Waals surface area contributed by atoms with Crippen LogP contribution in [0.15, 0.2) is 4.47 Å². The lowest BCUT2D eigenvalue weighted by atomic mass is 10.4. The highest BCUT2D eigenvalue weighted by atomic mass is 79.9. The number of halogens is 1. The van der Waals surface area contributed by atoms with Crippen molar-refractivity contribution in [3.8, 4) is 0 Å². The van der Waals surface area contributed by atoms with Gasteiger partial charge < -0.3 is 5.73 Å². The van der Waals surface area contributed by atoms with Crippen LogP contribution in [-0.2, 0) is 0 Å². The van der Waals surface area contributed by atoms with Gasteiger partial charge in [-0.25, -0.2) is 0 Å². The summed E-state index contributed by atoms with van der Waals surface area (Å²) in [6.45, 7) is 1.81. The van der Waals surface area contributed by atoms with Gasteiger partial charge in [-0.3, -0.25) is 4.79 Å². The molecule has 0 aliphatic heterocycles. The summed E-state index contributed by atoms with van der Waals surface area (Å²) in [5, 5.41) is 0. The van der Waals surface area contributed by atoms with Crippen molar-refractivity contribution in [1.29, 1.82) is 0 Å². The Morgan fingerprint density at radius 1 is 1.80 bits per heavy atom. The third kappa shape index (κ3) is 1.19.